The Morgan fingerprint density at radius 1 is 0.293 bits per heavy atom. The minimum absolute atomic E-state index is 1.25. The Kier molecular flexibility index (Phi) is 7.39. The van der Waals surface area contributed by atoms with E-state index in [4.69, 9.17) is 0 Å². The molecule has 0 bridgehead atoms. The maximum Gasteiger partial charge on any atom is 0.00233 e. The van der Waals surface area contributed by atoms with E-state index in [0.717, 1.165) is 0 Å². The zero-order chi connectivity index (χ0) is 28.4. The van der Waals surface area contributed by atoms with Gasteiger partial charge in [0.05, 0.1) is 0 Å². The summed E-state index contributed by atoms with van der Waals surface area (Å²) in [5.74, 6) is 0. The van der Waals surface area contributed by atoms with E-state index in [1.165, 1.54) is 64.1 Å². The van der Waals surface area contributed by atoms with Crippen molar-refractivity contribution in [1.29, 1.82) is 0 Å². The van der Waals surface area contributed by atoms with Gasteiger partial charge in [-0.1, -0.05) is 119 Å². The summed E-state index contributed by atoms with van der Waals surface area (Å²) in [6.45, 7) is 8.69. The molecule has 0 amide bonds. The van der Waals surface area contributed by atoms with Crippen LogP contribution in [0, 0.1) is 27.7 Å². The maximum atomic E-state index is 2.36. The van der Waals surface area contributed by atoms with Crippen molar-refractivity contribution in [3.63, 3.8) is 0 Å². The normalized spacial score (nSPS) is 11.8. The summed E-state index contributed by atoms with van der Waals surface area (Å²) < 4.78 is 0. The van der Waals surface area contributed by atoms with Crippen molar-refractivity contribution in [2.75, 3.05) is 0 Å². The minimum Gasteiger partial charge on any atom is -0.133 e. The van der Waals surface area contributed by atoms with Crippen LogP contribution in [0.5, 0.6) is 0 Å². The van der Waals surface area contributed by atoms with Crippen LogP contribution in [0.1, 0.15) is 22.3 Å². The molecule has 0 saturated heterocycles. The number of hydrogen-bond acceptors (Lipinski definition) is 0. The van der Waals surface area contributed by atoms with Gasteiger partial charge in [-0.05, 0) is 98.5 Å². The summed E-state index contributed by atoms with van der Waals surface area (Å²) >= 11 is 0. The first-order chi connectivity index (χ1) is 19.9. The standard InChI is InChI=1S/C40H36S/c1-29-23-30(2)26-35(25-29)33-15-19-39(20-16-33)41(37-11-7-5-8-12-37,38-13-9-6-10-14-38)40-21-17-34(18-22-40)36-27-31(3)24-32(4)28-36/h5-28H,1-4H3. The van der Waals surface area contributed by atoms with E-state index in [1.54, 1.807) is 0 Å². The fraction of sp³-hybridized carbons (Fsp3) is 0.100. The van der Waals surface area contributed by atoms with E-state index in [2.05, 4.69) is 173 Å². The third-order valence-corrected chi connectivity index (χ3v) is 11.6. The second-order valence-electron chi connectivity index (χ2n) is 11.0. The highest BCUT2D eigenvalue weighted by molar-refractivity contribution is 8.34. The van der Waals surface area contributed by atoms with Gasteiger partial charge in [-0.25, -0.2) is 0 Å². The average molecular weight is 549 g/mol. The molecule has 0 aliphatic heterocycles. The Morgan fingerprint density at radius 2 is 0.585 bits per heavy atom. The molecule has 6 rings (SSSR count). The number of rotatable bonds is 6. The van der Waals surface area contributed by atoms with E-state index in [9.17, 15) is 0 Å². The number of benzene rings is 6. The minimum atomic E-state index is -1.74. The van der Waals surface area contributed by atoms with Gasteiger partial charge in [-0.2, -0.15) is 0 Å². The van der Waals surface area contributed by atoms with Gasteiger partial charge in [0.1, 0.15) is 0 Å². The monoisotopic (exact) mass is 548 g/mol. The summed E-state index contributed by atoms with van der Waals surface area (Å²) in [4.78, 5) is 5.35. The molecule has 0 N–H and O–H groups in total. The molecule has 6 aromatic rings. The molecule has 1 heteroatoms. The first-order valence-corrected chi connectivity index (χ1v) is 15.9. The zero-order valence-corrected chi connectivity index (χ0v) is 25.1. The van der Waals surface area contributed by atoms with Crippen LogP contribution in [0.25, 0.3) is 22.3 Å². The fourth-order valence-corrected chi connectivity index (χ4v) is 9.90. The van der Waals surface area contributed by atoms with Gasteiger partial charge in [0, 0.05) is 19.6 Å². The molecule has 0 nitrogen and oxygen atoms in total. The van der Waals surface area contributed by atoms with Crippen LogP contribution >= 0.6 is 10.0 Å². The highest BCUT2D eigenvalue weighted by atomic mass is 32.3. The molecule has 0 unspecified atom stereocenters. The molecule has 202 valence electrons. The van der Waals surface area contributed by atoms with Crippen molar-refractivity contribution in [3.8, 4) is 22.3 Å². The van der Waals surface area contributed by atoms with E-state index in [0.29, 0.717) is 0 Å². The van der Waals surface area contributed by atoms with Crippen molar-refractivity contribution in [2.45, 2.75) is 47.3 Å². The Labute approximate surface area is 246 Å². The Balaban J connectivity index is 1.56. The molecule has 0 atom stereocenters. The zero-order valence-electron chi connectivity index (χ0n) is 24.3. The van der Waals surface area contributed by atoms with Gasteiger partial charge in [0.15, 0.2) is 0 Å². The van der Waals surface area contributed by atoms with Gasteiger partial charge in [0.25, 0.3) is 0 Å². The van der Waals surface area contributed by atoms with Gasteiger partial charge >= 0.3 is 0 Å². The fourth-order valence-electron chi connectivity index (χ4n) is 6.05. The molecule has 0 fully saturated rings. The maximum absolute atomic E-state index is 2.36. The molecule has 0 saturated carbocycles. The average Bonchev–Trinajstić information content (AvgIpc) is 2.98. The lowest BCUT2D eigenvalue weighted by atomic mass is 10.0. The topological polar surface area (TPSA) is 0 Å². The lowest BCUT2D eigenvalue weighted by molar-refractivity contribution is 1.24. The predicted molar refractivity (Wildman–Crippen MR) is 176 cm³/mol. The molecule has 0 spiro atoms. The summed E-state index contributed by atoms with van der Waals surface area (Å²) in [5.41, 5.74) is 10.2. The Bertz CT molecular complexity index is 1600. The van der Waals surface area contributed by atoms with Crippen LogP contribution < -0.4 is 0 Å². The van der Waals surface area contributed by atoms with Crippen molar-refractivity contribution < 1.29 is 0 Å². The molecular formula is C40H36S. The number of aryl methyl sites for hydroxylation is 4. The lowest BCUT2D eigenvalue weighted by Gasteiger charge is -2.42. The van der Waals surface area contributed by atoms with Gasteiger partial charge < -0.3 is 0 Å². The van der Waals surface area contributed by atoms with Crippen molar-refractivity contribution in [1.82, 2.24) is 0 Å². The van der Waals surface area contributed by atoms with E-state index >= 15 is 0 Å². The molecule has 0 heterocycles. The summed E-state index contributed by atoms with van der Waals surface area (Å²) in [5, 5.41) is 0. The number of hydrogen-bond donors (Lipinski definition) is 0. The van der Waals surface area contributed by atoms with Crippen LogP contribution in [0.15, 0.2) is 165 Å². The lowest BCUT2D eigenvalue weighted by Crippen LogP contribution is -2.05. The Morgan fingerprint density at radius 3 is 0.902 bits per heavy atom. The van der Waals surface area contributed by atoms with Crippen LogP contribution in [-0.2, 0) is 0 Å². The third kappa shape index (κ3) is 5.26. The van der Waals surface area contributed by atoms with E-state index < -0.39 is 10.0 Å². The highest BCUT2D eigenvalue weighted by Crippen LogP contribution is 2.73. The van der Waals surface area contributed by atoms with Crippen LogP contribution in [0.4, 0.5) is 0 Å². The largest absolute Gasteiger partial charge is 0.133 e. The second-order valence-corrected chi connectivity index (χ2v) is 14.2. The molecule has 0 aromatic heterocycles. The smallest absolute Gasteiger partial charge is 0.00233 e. The highest BCUT2D eigenvalue weighted by Gasteiger charge is 2.33. The first-order valence-electron chi connectivity index (χ1n) is 14.2. The van der Waals surface area contributed by atoms with E-state index in [-0.39, 0.29) is 0 Å². The Hall–Kier alpha value is -4.33. The SMILES string of the molecule is Cc1cc(C)cc(-c2ccc(S(c3ccccc3)(c3ccccc3)c3ccc(-c4cc(C)cc(C)c4)cc3)cc2)c1. The quantitative estimate of drug-likeness (QED) is 0.194. The molecule has 6 aromatic carbocycles. The van der Waals surface area contributed by atoms with Gasteiger partial charge in [-0.3, -0.25) is 0 Å². The molecular weight excluding hydrogens is 513 g/mol. The molecule has 0 aliphatic carbocycles. The van der Waals surface area contributed by atoms with Gasteiger partial charge in [-0.15, -0.1) is 10.0 Å². The first kappa shape index (κ1) is 26.9. The van der Waals surface area contributed by atoms with Gasteiger partial charge in [0.2, 0.25) is 0 Å². The summed E-state index contributed by atoms with van der Waals surface area (Å²) in [6, 6.07) is 54.4. The van der Waals surface area contributed by atoms with Crippen molar-refractivity contribution >= 4 is 10.0 Å². The third-order valence-electron chi connectivity index (χ3n) is 7.72. The predicted octanol–water partition coefficient (Wildman–Crippen LogP) is 11.6. The second kappa shape index (κ2) is 11.3. The van der Waals surface area contributed by atoms with Crippen LogP contribution in [0.3, 0.4) is 0 Å². The summed E-state index contributed by atoms with van der Waals surface area (Å²) in [6.07, 6.45) is 0. The molecule has 0 aliphatic rings. The summed E-state index contributed by atoms with van der Waals surface area (Å²) in [7, 11) is -1.74. The van der Waals surface area contributed by atoms with Crippen LogP contribution in [0.2, 0.25) is 0 Å². The van der Waals surface area contributed by atoms with Crippen molar-refractivity contribution in [3.05, 3.63) is 168 Å². The molecule has 41 heavy (non-hydrogen) atoms. The van der Waals surface area contributed by atoms with Crippen molar-refractivity contribution in [2.24, 2.45) is 0 Å². The van der Waals surface area contributed by atoms with E-state index in [1.807, 2.05) is 0 Å². The van der Waals surface area contributed by atoms with Crippen LogP contribution in [-0.4, -0.2) is 0 Å². The molecule has 0 radical (unpaired) electrons.